The molecule has 1 atom stereocenters. The van der Waals surface area contributed by atoms with Crippen LogP contribution in [0.1, 0.15) is 98.4 Å². The summed E-state index contributed by atoms with van der Waals surface area (Å²) in [6, 6.07) is 74.9. The fourth-order valence-corrected chi connectivity index (χ4v) is 12.2. The Bertz CT molecular complexity index is 3960. The third-order valence-corrected chi connectivity index (χ3v) is 16.3. The normalized spacial score (nSPS) is 14.0. The summed E-state index contributed by atoms with van der Waals surface area (Å²) in [7, 11) is 0. The van der Waals surface area contributed by atoms with Gasteiger partial charge in [0, 0.05) is 56.3 Å². The fraction of sp³-hybridized carbons (Fsp3) is 0.205. The van der Waals surface area contributed by atoms with Crippen molar-refractivity contribution in [3.63, 3.8) is 0 Å². The van der Waals surface area contributed by atoms with Gasteiger partial charge in [-0.25, -0.2) is 0 Å². The molecule has 10 aromatic rings. The van der Waals surface area contributed by atoms with Crippen LogP contribution in [0.5, 0.6) is 0 Å². The summed E-state index contributed by atoms with van der Waals surface area (Å²) in [5, 5.41) is 2.25. The predicted molar refractivity (Wildman–Crippen MR) is 337 cm³/mol. The lowest BCUT2D eigenvalue weighted by molar-refractivity contribution is 0.589. The number of hydrogen-bond donors (Lipinski definition) is 0. The highest BCUT2D eigenvalue weighted by Crippen LogP contribution is 2.49. The molecule has 2 aliphatic rings. The van der Waals surface area contributed by atoms with Crippen molar-refractivity contribution in [2.75, 3.05) is 14.7 Å². The molecule has 0 radical (unpaired) electrons. The van der Waals surface area contributed by atoms with Gasteiger partial charge in [0.2, 0.25) is 0 Å². The second-order valence-corrected chi connectivity index (χ2v) is 24.6. The van der Waals surface area contributed by atoms with E-state index < -0.39 is 0 Å². The van der Waals surface area contributed by atoms with Crippen LogP contribution in [0.3, 0.4) is 0 Å². The van der Waals surface area contributed by atoms with Crippen LogP contribution in [0.15, 0.2) is 223 Å². The van der Waals surface area contributed by atoms with Crippen LogP contribution >= 0.6 is 0 Å². The van der Waals surface area contributed by atoms with E-state index in [0.29, 0.717) is 0 Å². The van der Waals surface area contributed by atoms with Gasteiger partial charge in [-0.05, 0) is 164 Å². The van der Waals surface area contributed by atoms with Crippen LogP contribution in [0.2, 0.25) is 0 Å². The molecule has 9 aromatic carbocycles. The highest BCUT2D eigenvalue weighted by Gasteiger charge is 2.45. The molecular weight excluding hydrogens is 946 g/mol. The van der Waals surface area contributed by atoms with E-state index in [9.17, 15) is 0 Å². The quantitative estimate of drug-likeness (QED) is 0.106. The van der Waals surface area contributed by atoms with E-state index >= 15 is 0 Å². The Morgan fingerprint density at radius 2 is 1.13 bits per heavy atom. The number of nitrogens with zero attached hydrogens (tertiary/aromatic N) is 3. The fourth-order valence-electron chi connectivity index (χ4n) is 12.2. The standard InChI is InChI=1S/C73H70BN3O/c1-12-13-30-58(49-24-16-14-17-25-49)48(2)75(54-27-18-15-19-28-54)57-40-41-61-64(47-57)77(56-29-22-26-50(43-56)59-32-23-34-68-69(59)60-31-20-21-33-67(60)78-68)66-46-53(73(9,10)11)45-65-70(66)74(61)62-44-52(72(6,7)8)37-42-63(62)76(65)55-38-35-51(36-39-55)71(3,4)5/h12-48H,1-11H3/b13-12-,58-30+. The van der Waals surface area contributed by atoms with Gasteiger partial charge in [-0.1, -0.05) is 202 Å². The van der Waals surface area contributed by atoms with E-state index in [2.05, 4.69) is 309 Å². The molecule has 5 heteroatoms. The molecule has 3 heterocycles. The first-order valence-electron chi connectivity index (χ1n) is 27.9. The van der Waals surface area contributed by atoms with E-state index in [4.69, 9.17) is 4.42 Å². The van der Waals surface area contributed by atoms with Gasteiger partial charge >= 0.3 is 0 Å². The summed E-state index contributed by atoms with van der Waals surface area (Å²) >= 11 is 0. The topological polar surface area (TPSA) is 22.9 Å². The molecule has 0 amide bonds. The number of furan rings is 1. The summed E-state index contributed by atoms with van der Waals surface area (Å²) in [6.45, 7) is 25.3. The number of hydrogen-bond acceptors (Lipinski definition) is 4. The Labute approximate surface area is 463 Å². The minimum Gasteiger partial charge on any atom is -0.456 e. The summed E-state index contributed by atoms with van der Waals surface area (Å²) in [5.41, 5.74) is 23.3. The third kappa shape index (κ3) is 8.84. The molecule has 2 aliphatic heterocycles. The van der Waals surface area contributed by atoms with Crippen molar-refractivity contribution in [1.29, 1.82) is 0 Å². The summed E-state index contributed by atoms with van der Waals surface area (Å²) in [6.07, 6.45) is 6.58. The molecule has 4 nitrogen and oxygen atoms in total. The van der Waals surface area contributed by atoms with Gasteiger partial charge in [0.05, 0.1) is 6.04 Å². The molecule has 1 unspecified atom stereocenters. The maximum atomic E-state index is 6.50. The first-order valence-corrected chi connectivity index (χ1v) is 27.9. The van der Waals surface area contributed by atoms with E-state index in [1.807, 2.05) is 0 Å². The molecule has 0 spiro atoms. The SMILES string of the molecule is C/C=C\C=C(\c1ccccc1)C(C)N(c1ccccc1)c1ccc2c(c1)N(c1cccc(-c3cccc4oc5ccccc5c34)c1)c1cc(C(C)(C)C)cc3c1B2c1cc(C(C)(C)C)ccc1N3c1ccc(C(C)(C)C)cc1. The number of fused-ring (bicyclic) bond motifs is 7. The summed E-state index contributed by atoms with van der Waals surface area (Å²) < 4.78 is 6.50. The van der Waals surface area contributed by atoms with Crippen LogP contribution < -0.4 is 31.1 Å². The van der Waals surface area contributed by atoms with Crippen LogP contribution in [-0.4, -0.2) is 12.8 Å². The molecule has 0 saturated carbocycles. The Hall–Kier alpha value is -8.28. The number of rotatable bonds is 9. The molecule has 0 saturated heterocycles. The van der Waals surface area contributed by atoms with Crippen molar-refractivity contribution in [3.05, 3.63) is 241 Å². The Morgan fingerprint density at radius 1 is 0.500 bits per heavy atom. The smallest absolute Gasteiger partial charge is 0.252 e. The van der Waals surface area contributed by atoms with Crippen molar-refractivity contribution >= 4 is 96.1 Å². The van der Waals surface area contributed by atoms with Crippen molar-refractivity contribution in [3.8, 4) is 11.1 Å². The Morgan fingerprint density at radius 3 is 1.82 bits per heavy atom. The van der Waals surface area contributed by atoms with Gasteiger partial charge in [-0.15, -0.1) is 0 Å². The van der Waals surface area contributed by atoms with Gasteiger partial charge < -0.3 is 19.1 Å². The Balaban J connectivity index is 1.16. The molecule has 12 rings (SSSR count). The Kier molecular flexibility index (Phi) is 12.5. The van der Waals surface area contributed by atoms with E-state index in [-0.39, 0.29) is 29.0 Å². The maximum Gasteiger partial charge on any atom is 0.252 e. The van der Waals surface area contributed by atoms with Gasteiger partial charge in [0.1, 0.15) is 11.2 Å². The first kappa shape index (κ1) is 50.5. The number of anilines is 8. The highest BCUT2D eigenvalue weighted by atomic mass is 16.3. The van der Waals surface area contributed by atoms with Gasteiger partial charge in [0.15, 0.2) is 0 Å². The second-order valence-electron chi connectivity index (χ2n) is 24.6. The van der Waals surface area contributed by atoms with Crippen LogP contribution in [0, 0.1) is 0 Å². The number of allylic oxidation sites excluding steroid dienone is 3. The lowest BCUT2D eigenvalue weighted by Crippen LogP contribution is -2.61. The molecule has 0 aliphatic carbocycles. The predicted octanol–water partition coefficient (Wildman–Crippen LogP) is 18.4. The molecule has 0 fully saturated rings. The summed E-state index contributed by atoms with van der Waals surface area (Å²) in [4.78, 5) is 7.70. The minimum atomic E-state index is -0.181. The van der Waals surface area contributed by atoms with Gasteiger partial charge in [-0.2, -0.15) is 0 Å². The molecule has 0 N–H and O–H groups in total. The lowest BCUT2D eigenvalue weighted by atomic mass is 9.33. The molecule has 78 heavy (non-hydrogen) atoms. The van der Waals surface area contributed by atoms with Crippen LogP contribution in [0.4, 0.5) is 45.5 Å². The van der Waals surface area contributed by atoms with Crippen LogP contribution in [-0.2, 0) is 16.2 Å². The molecule has 0 bridgehead atoms. The minimum absolute atomic E-state index is 0.0179. The largest absolute Gasteiger partial charge is 0.456 e. The van der Waals surface area contributed by atoms with Crippen molar-refractivity contribution in [1.82, 2.24) is 0 Å². The number of benzene rings is 9. The van der Waals surface area contributed by atoms with E-state index in [0.717, 1.165) is 61.5 Å². The second kappa shape index (κ2) is 19.3. The lowest BCUT2D eigenvalue weighted by Gasteiger charge is -2.46. The zero-order valence-electron chi connectivity index (χ0n) is 47.2. The summed E-state index contributed by atoms with van der Waals surface area (Å²) in [5.74, 6) is 0. The van der Waals surface area contributed by atoms with Crippen molar-refractivity contribution in [2.45, 2.75) is 98.4 Å². The maximum absolute atomic E-state index is 6.50. The molecule has 386 valence electrons. The first-order chi connectivity index (χ1) is 37.5. The zero-order chi connectivity index (χ0) is 54.3. The van der Waals surface area contributed by atoms with E-state index in [1.54, 1.807) is 0 Å². The van der Waals surface area contributed by atoms with Crippen LogP contribution in [0.25, 0.3) is 38.6 Å². The molecular formula is C73H70BN3O. The zero-order valence-corrected chi connectivity index (χ0v) is 47.2. The average molecular weight is 1020 g/mol. The van der Waals surface area contributed by atoms with Crippen molar-refractivity contribution in [2.24, 2.45) is 0 Å². The van der Waals surface area contributed by atoms with E-state index in [1.165, 1.54) is 61.3 Å². The van der Waals surface area contributed by atoms with Crippen molar-refractivity contribution < 1.29 is 4.42 Å². The monoisotopic (exact) mass is 1020 g/mol. The third-order valence-electron chi connectivity index (χ3n) is 16.3. The van der Waals surface area contributed by atoms with Gasteiger partial charge in [0.25, 0.3) is 6.71 Å². The molecule has 1 aromatic heterocycles. The van der Waals surface area contributed by atoms with Gasteiger partial charge in [-0.3, -0.25) is 0 Å². The number of para-hydroxylation sites is 2. The average Bonchev–Trinajstić information content (AvgIpc) is 3.13. The highest BCUT2D eigenvalue weighted by molar-refractivity contribution is 7.00.